The van der Waals surface area contributed by atoms with Crippen LogP contribution in [0.3, 0.4) is 0 Å². The summed E-state index contributed by atoms with van der Waals surface area (Å²) in [5.41, 5.74) is 3.90. The van der Waals surface area contributed by atoms with E-state index in [0.29, 0.717) is 26.2 Å². The number of nitrogens with zero attached hydrogens (tertiary/aromatic N) is 2. The second-order valence-electron chi connectivity index (χ2n) is 7.05. The van der Waals surface area contributed by atoms with Crippen molar-refractivity contribution in [3.63, 3.8) is 0 Å². The quantitative estimate of drug-likeness (QED) is 0.836. The Kier molecular flexibility index (Phi) is 5.79. The van der Waals surface area contributed by atoms with Crippen molar-refractivity contribution in [2.45, 2.75) is 20.8 Å². The van der Waals surface area contributed by atoms with Gasteiger partial charge in [0.05, 0.1) is 0 Å². The molecule has 1 saturated heterocycles. The van der Waals surface area contributed by atoms with Gasteiger partial charge in [0.2, 0.25) is 0 Å². The molecule has 0 N–H and O–H groups in total. The third kappa shape index (κ3) is 4.48. The molecule has 0 aliphatic carbocycles. The Hall–Kier alpha value is -2.82. The van der Waals surface area contributed by atoms with Crippen LogP contribution in [0.2, 0.25) is 0 Å². The molecule has 0 atom stereocenters. The van der Waals surface area contributed by atoms with Crippen LogP contribution in [-0.2, 0) is 4.79 Å². The molecule has 1 heterocycles. The molecule has 2 amide bonds. The summed E-state index contributed by atoms with van der Waals surface area (Å²) in [5.74, 6) is 0.729. The molecule has 0 spiro atoms. The highest BCUT2D eigenvalue weighted by Crippen LogP contribution is 2.19. The molecule has 0 radical (unpaired) electrons. The first kappa shape index (κ1) is 19.0. The Balaban J connectivity index is 1.52. The Morgan fingerprint density at radius 1 is 0.889 bits per heavy atom. The van der Waals surface area contributed by atoms with Crippen LogP contribution in [0, 0.1) is 20.8 Å². The Morgan fingerprint density at radius 3 is 2.22 bits per heavy atom. The largest absolute Gasteiger partial charge is 0.484 e. The first-order valence-electron chi connectivity index (χ1n) is 9.28. The van der Waals surface area contributed by atoms with E-state index in [1.807, 2.05) is 68.1 Å². The molecule has 27 heavy (non-hydrogen) atoms. The average Bonchev–Trinajstić information content (AvgIpc) is 2.67. The van der Waals surface area contributed by atoms with E-state index >= 15 is 0 Å². The lowest BCUT2D eigenvalue weighted by molar-refractivity contribution is -0.134. The molecule has 0 aromatic heterocycles. The fourth-order valence-electron chi connectivity index (χ4n) is 3.33. The minimum absolute atomic E-state index is 0.0235. The number of amides is 2. The van der Waals surface area contributed by atoms with E-state index in [4.69, 9.17) is 4.74 Å². The second kappa shape index (κ2) is 8.25. The number of ether oxygens (including phenoxy) is 1. The van der Waals surface area contributed by atoms with Gasteiger partial charge in [-0.05, 0) is 44.0 Å². The predicted molar refractivity (Wildman–Crippen MR) is 105 cm³/mol. The molecule has 5 heteroatoms. The van der Waals surface area contributed by atoms with E-state index in [-0.39, 0.29) is 18.4 Å². The highest BCUT2D eigenvalue weighted by Gasteiger charge is 2.25. The van der Waals surface area contributed by atoms with Crippen LogP contribution in [0.1, 0.15) is 27.0 Å². The number of piperazine rings is 1. The van der Waals surface area contributed by atoms with Gasteiger partial charge >= 0.3 is 0 Å². The number of carbonyl (C=O) groups excluding carboxylic acids is 2. The van der Waals surface area contributed by atoms with Crippen molar-refractivity contribution in [3.05, 3.63) is 64.7 Å². The third-order valence-electron chi connectivity index (χ3n) is 4.98. The van der Waals surface area contributed by atoms with Gasteiger partial charge in [0.25, 0.3) is 11.8 Å². The number of hydrogen-bond acceptors (Lipinski definition) is 3. The van der Waals surface area contributed by atoms with Gasteiger partial charge in [-0.3, -0.25) is 9.59 Å². The van der Waals surface area contributed by atoms with Gasteiger partial charge in [-0.25, -0.2) is 0 Å². The average molecular weight is 366 g/mol. The highest BCUT2D eigenvalue weighted by molar-refractivity contribution is 5.95. The Morgan fingerprint density at radius 2 is 1.56 bits per heavy atom. The smallest absolute Gasteiger partial charge is 0.260 e. The summed E-state index contributed by atoms with van der Waals surface area (Å²) in [5, 5.41) is 0. The lowest BCUT2D eigenvalue weighted by Gasteiger charge is -2.35. The standard InChI is InChI=1S/C22H26N2O3/c1-16-8-9-20(18(3)14-16)27-15-21(25)23-10-12-24(13-11-23)22(26)19-7-5-4-6-17(19)2/h4-9,14H,10-13,15H2,1-3H3. The molecular formula is C22H26N2O3. The van der Waals surface area contributed by atoms with Gasteiger partial charge in [0.1, 0.15) is 5.75 Å². The van der Waals surface area contributed by atoms with Crippen LogP contribution < -0.4 is 4.74 Å². The number of carbonyl (C=O) groups is 2. The van der Waals surface area contributed by atoms with Crippen LogP contribution in [0.25, 0.3) is 0 Å². The third-order valence-corrected chi connectivity index (χ3v) is 4.98. The van der Waals surface area contributed by atoms with E-state index < -0.39 is 0 Å². The topological polar surface area (TPSA) is 49.9 Å². The first-order valence-corrected chi connectivity index (χ1v) is 9.28. The molecule has 142 valence electrons. The SMILES string of the molecule is Cc1ccc(OCC(=O)N2CCN(C(=O)c3ccccc3C)CC2)c(C)c1. The fraction of sp³-hybridized carbons (Fsp3) is 0.364. The Bertz CT molecular complexity index is 839. The number of aryl methyl sites for hydroxylation is 3. The van der Waals surface area contributed by atoms with Gasteiger partial charge in [0.15, 0.2) is 6.61 Å². The van der Waals surface area contributed by atoms with E-state index in [1.54, 1.807) is 4.90 Å². The molecule has 2 aromatic rings. The van der Waals surface area contributed by atoms with Gasteiger partial charge in [-0.2, -0.15) is 0 Å². The summed E-state index contributed by atoms with van der Waals surface area (Å²) in [6.45, 7) is 8.12. The van der Waals surface area contributed by atoms with Crippen molar-refractivity contribution >= 4 is 11.8 Å². The van der Waals surface area contributed by atoms with Crippen LogP contribution >= 0.6 is 0 Å². The van der Waals surface area contributed by atoms with E-state index in [9.17, 15) is 9.59 Å². The first-order chi connectivity index (χ1) is 13.0. The lowest BCUT2D eigenvalue weighted by atomic mass is 10.1. The van der Waals surface area contributed by atoms with Crippen LogP contribution in [0.5, 0.6) is 5.75 Å². The monoisotopic (exact) mass is 366 g/mol. The fourth-order valence-corrected chi connectivity index (χ4v) is 3.33. The highest BCUT2D eigenvalue weighted by atomic mass is 16.5. The van der Waals surface area contributed by atoms with Gasteiger partial charge in [-0.15, -0.1) is 0 Å². The predicted octanol–water partition coefficient (Wildman–Crippen LogP) is 2.98. The van der Waals surface area contributed by atoms with Crippen LogP contribution in [0.15, 0.2) is 42.5 Å². The summed E-state index contributed by atoms with van der Waals surface area (Å²) in [7, 11) is 0. The molecule has 5 nitrogen and oxygen atoms in total. The normalized spacial score (nSPS) is 14.2. The van der Waals surface area contributed by atoms with Gasteiger partial charge < -0.3 is 14.5 Å². The molecule has 3 rings (SSSR count). The second-order valence-corrected chi connectivity index (χ2v) is 7.05. The van der Waals surface area contributed by atoms with Crippen LogP contribution in [0.4, 0.5) is 0 Å². The molecule has 1 aliphatic rings. The summed E-state index contributed by atoms with van der Waals surface area (Å²) in [6.07, 6.45) is 0. The zero-order valence-electron chi connectivity index (χ0n) is 16.2. The van der Waals surface area contributed by atoms with Crippen LogP contribution in [-0.4, -0.2) is 54.4 Å². The number of rotatable bonds is 4. The molecule has 1 aliphatic heterocycles. The Labute approximate surface area is 160 Å². The van der Waals surface area contributed by atoms with E-state index in [1.165, 1.54) is 5.56 Å². The maximum Gasteiger partial charge on any atom is 0.260 e. The lowest BCUT2D eigenvalue weighted by Crippen LogP contribution is -2.51. The minimum Gasteiger partial charge on any atom is -0.484 e. The number of hydrogen-bond donors (Lipinski definition) is 0. The van der Waals surface area contributed by atoms with E-state index in [2.05, 4.69) is 0 Å². The van der Waals surface area contributed by atoms with Crippen molar-refractivity contribution in [2.75, 3.05) is 32.8 Å². The van der Waals surface area contributed by atoms with Gasteiger partial charge in [-0.1, -0.05) is 35.9 Å². The molecule has 0 bridgehead atoms. The summed E-state index contributed by atoms with van der Waals surface area (Å²) in [6, 6.07) is 13.5. The zero-order chi connectivity index (χ0) is 19.4. The van der Waals surface area contributed by atoms with Crippen molar-refractivity contribution in [3.8, 4) is 5.75 Å². The molecule has 0 saturated carbocycles. The molecule has 0 unspecified atom stereocenters. The minimum atomic E-state index is -0.0436. The number of benzene rings is 2. The van der Waals surface area contributed by atoms with Crippen molar-refractivity contribution in [2.24, 2.45) is 0 Å². The summed E-state index contributed by atoms with van der Waals surface area (Å²) < 4.78 is 5.69. The molecular weight excluding hydrogens is 340 g/mol. The summed E-state index contributed by atoms with van der Waals surface area (Å²) in [4.78, 5) is 28.7. The van der Waals surface area contributed by atoms with E-state index in [0.717, 1.165) is 22.4 Å². The maximum absolute atomic E-state index is 12.7. The maximum atomic E-state index is 12.7. The summed E-state index contributed by atoms with van der Waals surface area (Å²) >= 11 is 0. The van der Waals surface area contributed by atoms with Crippen molar-refractivity contribution in [1.82, 2.24) is 9.80 Å². The van der Waals surface area contributed by atoms with Crippen molar-refractivity contribution in [1.29, 1.82) is 0 Å². The molecule has 1 fully saturated rings. The van der Waals surface area contributed by atoms with Gasteiger partial charge in [0, 0.05) is 31.7 Å². The zero-order valence-corrected chi connectivity index (χ0v) is 16.2. The molecule has 2 aromatic carbocycles. The van der Waals surface area contributed by atoms with Crippen molar-refractivity contribution < 1.29 is 14.3 Å².